The average molecular weight is 570 g/mol. The number of hydrogen-bond donors (Lipinski definition) is 2. The first-order valence-electron chi connectivity index (χ1n) is 15.8. The third kappa shape index (κ3) is 3.30. The number of aryl methyl sites for hydroxylation is 1. The molecular weight excluding hydrogens is 526 g/mol. The molecule has 0 radical (unpaired) electrons. The molecule has 9 rings (SSSR count). The molecule has 2 aromatic rings. The first-order valence-corrected chi connectivity index (χ1v) is 16.6. The summed E-state index contributed by atoms with van der Waals surface area (Å²) >= 11 is 1.60. The lowest BCUT2D eigenvalue weighted by Gasteiger charge is -2.71. The summed E-state index contributed by atoms with van der Waals surface area (Å²) < 4.78 is 0. The van der Waals surface area contributed by atoms with Gasteiger partial charge in [0.15, 0.2) is 5.78 Å². The summed E-state index contributed by atoms with van der Waals surface area (Å²) in [6, 6.07) is 12.7. The average Bonchev–Trinajstić information content (AvgIpc) is 3.63. The lowest BCUT2D eigenvalue weighted by Crippen LogP contribution is -2.67. The largest absolute Gasteiger partial charge is 0.393 e. The van der Waals surface area contributed by atoms with Gasteiger partial charge in [0, 0.05) is 46.3 Å². The van der Waals surface area contributed by atoms with Crippen LogP contribution in [-0.4, -0.2) is 39.1 Å². The number of ketones is 1. The second-order valence-corrected chi connectivity index (χ2v) is 16.3. The number of β-amino-alcohol motifs (C(OH)–C–C–N with tert-alkyl or cyclic N) is 1. The Kier molecular flexibility index (Phi) is 5.53. The van der Waals surface area contributed by atoms with Crippen LogP contribution in [0.15, 0.2) is 60.2 Å². The Hall–Kier alpha value is -2.05. The topological polar surface area (TPSA) is 60.8 Å². The zero-order valence-corrected chi connectivity index (χ0v) is 25.5. The number of hydrogen-bond acceptors (Lipinski definition) is 5. The predicted molar refractivity (Wildman–Crippen MR) is 163 cm³/mol. The summed E-state index contributed by atoms with van der Waals surface area (Å²) in [6.07, 6.45) is 13.1. The van der Waals surface area contributed by atoms with Crippen molar-refractivity contribution < 1.29 is 15.0 Å². The van der Waals surface area contributed by atoms with E-state index in [2.05, 4.69) is 74.2 Å². The Morgan fingerprint density at radius 1 is 0.951 bits per heavy atom. The highest BCUT2D eigenvalue weighted by Gasteiger charge is 2.74. The molecule has 8 unspecified atom stereocenters. The molecule has 8 atom stereocenters. The molecule has 0 saturated heterocycles. The molecule has 7 aliphatic rings. The molecule has 41 heavy (non-hydrogen) atoms. The standard InChI is InChI=1S/C36H43NO3S/c1-23-8-9-28(41-23)31(39)27-19-34-16-17-36(27)29(32(34,2)13-10-26(38)18-34)11-14-33(3)30(36)12-15-35(33,40)22-37-20-24-6-4-5-7-25(24)21-37/h4-9,16-17,19,26,29-30,38,40H,10-15,18,20-22H2,1-3H3. The van der Waals surface area contributed by atoms with Crippen molar-refractivity contribution in [3.63, 3.8) is 0 Å². The van der Waals surface area contributed by atoms with Crippen LogP contribution in [-0.2, 0) is 13.1 Å². The molecular formula is C36H43NO3S. The maximum Gasteiger partial charge on any atom is 0.199 e. The van der Waals surface area contributed by atoms with Gasteiger partial charge < -0.3 is 10.2 Å². The number of fused-ring (bicyclic) bond motifs is 2. The fourth-order valence-electron chi connectivity index (χ4n) is 11.2. The number of carbonyl (C=O) groups excluding carboxylic acids is 1. The molecule has 6 aliphatic carbocycles. The van der Waals surface area contributed by atoms with Gasteiger partial charge in [-0.15, -0.1) is 11.3 Å². The molecule has 216 valence electrons. The van der Waals surface area contributed by atoms with Gasteiger partial charge in [0.1, 0.15) is 0 Å². The van der Waals surface area contributed by atoms with Gasteiger partial charge >= 0.3 is 0 Å². The van der Waals surface area contributed by atoms with Crippen LogP contribution < -0.4 is 0 Å². The van der Waals surface area contributed by atoms with Crippen LogP contribution >= 0.6 is 11.3 Å². The number of rotatable bonds is 4. The van der Waals surface area contributed by atoms with Gasteiger partial charge in [0.2, 0.25) is 0 Å². The molecule has 2 bridgehead atoms. The fraction of sp³-hybridized carbons (Fsp3) is 0.583. The Balaban J connectivity index is 1.22. The van der Waals surface area contributed by atoms with Gasteiger partial charge in [0.25, 0.3) is 0 Å². The maximum atomic E-state index is 14.5. The SMILES string of the molecule is Cc1ccc(C(=O)C2=CC34C=CC25C(CCC2(C)C5CCC2(O)CN2Cc5ccccc5C2)C3(C)CCC(O)C4)s1. The van der Waals surface area contributed by atoms with Gasteiger partial charge in [-0.05, 0) is 92.4 Å². The van der Waals surface area contributed by atoms with Crippen LogP contribution in [0.4, 0.5) is 0 Å². The highest BCUT2D eigenvalue weighted by atomic mass is 32.1. The maximum absolute atomic E-state index is 14.5. The third-order valence-electron chi connectivity index (χ3n) is 13.3. The van der Waals surface area contributed by atoms with Crippen LogP contribution in [0.25, 0.3) is 0 Å². The van der Waals surface area contributed by atoms with E-state index >= 15 is 0 Å². The summed E-state index contributed by atoms with van der Waals surface area (Å²) in [5, 5.41) is 23.6. The van der Waals surface area contributed by atoms with E-state index in [1.807, 2.05) is 6.07 Å². The molecule has 2 heterocycles. The minimum Gasteiger partial charge on any atom is -0.393 e. The number of Topliss-reactive ketones (excluding diaryl/α,β-unsaturated/α-hetero) is 1. The van der Waals surface area contributed by atoms with Crippen LogP contribution in [0.2, 0.25) is 0 Å². The Morgan fingerprint density at radius 2 is 1.63 bits per heavy atom. The van der Waals surface area contributed by atoms with Crippen LogP contribution in [0.3, 0.4) is 0 Å². The van der Waals surface area contributed by atoms with Crippen LogP contribution in [0.1, 0.15) is 84.5 Å². The van der Waals surface area contributed by atoms with Crippen LogP contribution in [0, 0.1) is 40.4 Å². The first kappa shape index (κ1) is 26.6. The van der Waals surface area contributed by atoms with Crippen molar-refractivity contribution in [3.8, 4) is 0 Å². The zero-order valence-electron chi connectivity index (χ0n) is 24.7. The molecule has 0 amide bonds. The lowest BCUT2D eigenvalue weighted by atomic mass is 9.32. The summed E-state index contributed by atoms with van der Waals surface area (Å²) in [4.78, 5) is 19.0. The van der Waals surface area contributed by atoms with Crippen molar-refractivity contribution in [2.45, 2.75) is 90.5 Å². The fourth-order valence-corrected chi connectivity index (χ4v) is 12.0. The van der Waals surface area contributed by atoms with E-state index in [4.69, 9.17) is 0 Å². The molecule has 3 saturated carbocycles. The summed E-state index contributed by atoms with van der Waals surface area (Å²) in [5.41, 5.74) is 2.00. The predicted octanol–water partition coefficient (Wildman–Crippen LogP) is 6.85. The van der Waals surface area contributed by atoms with E-state index in [9.17, 15) is 15.0 Å². The number of thiophene rings is 1. The Bertz CT molecular complexity index is 1480. The molecule has 1 aromatic heterocycles. The number of aliphatic hydroxyl groups excluding tert-OH is 1. The van der Waals surface area contributed by atoms with Gasteiger partial charge in [-0.25, -0.2) is 0 Å². The van der Waals surface area contributed by atoms with Crippen molar-refractivity contribution in [1.29, 1.82) is 0 Å². The minimum atomic E-state index is -0.795. The summed E-state index contributed by atoms with van der Waals surface area (Å²) in [5.74, 6) is 0.723. The van der Waals surface area contributed by atoms with Crippen molar-refractivity contribution >= 4 is 17.1 Å². The van der Waals surface area contributed by atoms with E-state index in [0.29, 0.717) is 18.9 Å². The molecule has 5 heteroatoms. The number of nitrogens with zero attached hydrogens (tertiary/aromatic N) is 1. The van der Waals surface area contributed by atoms with Gasteiger partial charge in [0.05, 0.1) is 16.6 Å². The van der Waals surface area contributed by atoms with Crippen molar-refractivity contribution in [2.75, 3.05) is 6.54 Å². The normalized spacial score (nSPS) is 44.2. The van der Waals surface area contributed by atoms with Crippen molar-refractivity contribution in [2.24, 2.45) is 33.5 Å². The zero-order chi connectivity index (χ0) is 28.4. The van der Waals surface area contributed by atoms with E-state index in [1.165, 1.54) is 11.1 Å². The highest BCUT2D eigenvalue weighted by molar-refractivity contribution is 7.14. The Labute approximate surface area is 248 Å². The van der Waals surface area contributed by atoms with Crippen molar-refractivity contribution in [1.82, 2.24) is 4.90 Å². The molecule has 3 fully saturated rings. The first-order chi connectivity index (χ1) is 19.5. The molecule has 2 N–H and O–H groups in total. The van der Waals surface area contributed by atoms with Gasteiger partial charge in [-0.1, -0.05) is 56.3 Å². The summed E-state index contributed by atoms with van der Waals surface area (Å²) in [7, 11) is 0. The van der Waals surface area contributed by atoms with E-state index in [-0.39, 0.29) is 39.5 Å². The molecule has 1 aromatic carbocycles. The number of aliphatic hydroxyl groups is 2. The van der Waals surface area contributed by atoms with E-state index in [1.54, 1.807) is 11.3 Å². The Morgan fingerprint density at radius 3 is 2.34 bits per heavy atom. The monoisotopic (exact) mass is 569 g/mol. The van der Waals surface area contributed by atoms with Crippen molar-refractivity contribution in [3.05, 3.63) is 81.1 Å². The number of carbonyl (C=O) groups is 1. The smallest absolute Gasteiger partial charge is 0.199 e. The molecule has 2 spiro atoms. The van der Waals surface area contributed by atoms with Gasteiger partial charge in [-0.3, -0.25) is 9.69 Å². The van der Waals surface area contributed by atoms with E-state index < -0.39 is 5.60 Å². The highest BCUT2D eigenvalue weighted by Crippen LogP contribution is 2.78. The van der Waals surface area contributed by atoms with Crippen LogP contribution in [0.5, 0.6) is 0 Å². The molecule has 1 aliphatic heterocycles. The quantitative estimate of drug-likeness (QED) is 0.312. The second kappa shape index (κ2) is 8.53. The summed E-state index contributed by atoms with van der Waals surface area (Å²) in [6.45, 7) is 9.37. The second-order valence-electron chi connectivity index (χ2n) is 15.0. The third-order valence-corrected chi connectivity index (χ3v) is 14.3. The van der Waals surface area contributed by atoms with Gasteiger partial charge in [-0.2, -0.15) is 0 Å². The number of allylic oxidation sites excluding steroid dienone is 4. The molecule has 4 nitrogen and oxygen atoms in total. The van der Waals surface area contributed by atoms with E-state index in [0.717, 1.165) is 66.9 Å². The minimum absolute atomic E-state index is 0.00869. The number of benzene rings is 1. The lowest BCUT2D eigenvalue weighted by molar-refractivity contribution is -0.176.